The Hall–Kier alpha value is -0.160. The maximum atomic E-state index is 9.51. The van der Waals surface area contributed by atoms with Crippen molar-refractivity contribution < 1.29 is 14.9 Å². The summed E-state index contributed by atoms with van der Waals surface area (Å²) in [4.78, 5) is 0. The van der Waals surface area contributed by atoms with E-state index in [4.69, 9.17) is 4.74 Å². The van der Waals surface area contributed by atoms with Crippen molar-refractivity contribution in [3.63, 3.8) is 0 Å². The first kappa shape index (κ1) is 11.9. The van der Waals surface area contributed by atoms with Crippen molar-refractivity contribution in [2.45, 2.75) is 43.9 Å². The smallest absolute Gasteiger partial charge is 0.0785 e. The minimum absolute atomic E-state index is 0.199. The quantitative estimate of drug-likeness (QED) is 0.563. The molecule has 4 heteroatoms. The fourth-order valence-corrected chi connectivity index (χ4v) is 1.89. The summed E-state index contributed by atoms with van der Waals surface area (Å²) in [6.45, 7) is 1.13. The molecular weight excluding hydrogens is 182 g/mol. The summed E-state index contributed by atoms with van der Waals surface area (Å²) in [5, 5.41) is 22.1. The van der Waals surface area contributed by atoms with Crippen molar-refractivity contribution in [2.75, 3.05) is 20.3 Å². The Balaban J connectivity index is 2.03. The molecule has 1 fully saturated rings. The van der Waals surface area contributed by atoms with Crippen LogP contribution in [0.2, 0.25) is 0 Å². The van der Waals surface area contributed by atoms with E-state index in [1.165, 1.54) is 0 Å². The van der Waals surface area contributed by atoms with Gasteiger partial charge in [-0.2, -0.15) is 0 Å². The normalized spacial score (nSPS) is 29.4. The van der Waals surface area contributed by atoms with Crippen LogP contribution in [-0.2, 0) is 4.74 Å². The Morgan fingerprint density at radius 2 is 2.29 bits per heavy atom. The van der Waals surface area contributed by atoms with Gasteiger partial charge in [-0.15, -0.1) is 0 Å². The van der Waals surface area contributed by atoms with Crippen LogP contribution in [0.25, 0.3) is 0 Å². The predicted molar refractivity (Wildman–Crippen MR) is 54.1 cm³/mol. The van der Waals surface area contributed by atoms with Gasteiger partial charge in [0.15, 0.2) is 0 Å². The van der Waals surface area contributed by atoms with Crippen LogP contribution in [0.5, 0.6) is 0 Å². The standard InChI is InChI=1S/C10H21NO3/c1-14-7-8(12)5-6-11-9-3-2-4-10(9)13/h8-13H,2-7H2,1H3/t8?,9-,10-/m0/s1. The van der Waals surface area contributed by atoms with E-state index in [-0.39, 0.29) is 12.1 Å². The zero-order chi connectivity index (χ0) is 10.4. The van der Waals surface area contributed by atoms with Crippen molar-refractivity contribution in [2.24, 2.45) is 0 Å². The summed E-state index contributed by atoms with van der Waals surface area (Å²) in [5.41, 5.74) is 0. The van der Waals surface area contributed by atoms with E-state index in [0.29, 0.717) is 13.0 Å². The van der Waals surface area contributed by atoms with Crippen LogP contribution in [0.1, 0.15) is 25.7 Å². The Kier molecular flexibility index (Phi) is 5.40. The van der Waals surface area contributed by atoms with Crippen LogP contribution in [0.15, 0.2) is 0 Å². The molecule has 14 heavy (non-hydrogen) atoms. The number of hydrogen-bond donors (Lipinski definition) is 3. The molecule has 3 atom stereocenters. The molecule has 3 N–H and O–H groups in total. The fraction of sp³-hybridized carbons (Fsp3) is 1.00. The lowest BCUT2D eigenvalue weighted by molar-refractivity contribution is 0.0575. The molecule has 0 aliphatic heterocycles. The van der Waals surface area contributed by atoms with E-state index < -0.39 is 6.10 Å². The van der Waals surface area contributed by atoms with E-state index >= 15 is 0 Å². The maximum Gasteiger partial charge on any atom is 0.0785 e. The number of nitrogens with one attached hydrogen (secondary N) is 1. The number of hydrogen-bond acceptors (Lipinski definition) is 4. The van der Waals surface area contributed by atoms with Crippen LogP contribution in [0.3, 0.4) is 0 Å². The van der Waals surface area contributed by atoms with E-state index in [1.807, 2.05) is 0 Å². The van der Waals surface area contributed by atoms with Gasteiger partial charge in [0.05, 0.1) is 18.8 Å². The van der Waals surface area contributed by atoms with Crippen molar-refractivity contribution >= 4 is 0 Å². The number of rotatable bonds is 6. The second-order valence-corrected chi connectivity index (χ2v) is 3.96. The molecule has 0 spiro atoms. The number of methoxy groups -OCH3 is 1. The Bertz CT molecular complexity index is 154. The third-order valence-electron chi connectivity index (χ3n) is 2.72. The number of aliphatic hydroxyl groups is 2. The number of aliphatic hydroxyl groups excluding tert-OH is 2. The molecule has 0 amide bonds. The summed E-state index contributed by atoms with van der Waals surface area (Å²) in [6.07, 6.45) is 3.12. The fourth-order valence-electron chi connectivity index (χ4n) is 1.89. The molecule has 0 aromatic rings. The maximum absolute atomic E-state index is 9.51. The summed E-state index contributed by atoms with van der Waals surface area (Å²) in [7, 11) is 1.58. The molecule has 4 nitrogen and oxygen atoms in total. The second-order valence-electron chi connectivity index (χ2n) is 3.96. The van der Waals surface area contributed by atoms with Gasteiger partial charge in [-0.1, -0.05) is 0 Å². The van der Waals surface area contributed by atoms with E-state index in [2.05, 4.69) is 5.32 Å². The zero-order valence-electron chi connectivity index (χ0n) is 8.78. The summed E-state index contributed by atoms with van der Waals surface area (Å²) in [5.74, 6) is 0. The van der Waals surface area contributed by atoms with Crippen molar-refractivity contribution in [1.29, 1.82) is 0 Å². The predicted octanol–water partition coefficient (Wildman–Crippen LogP) is -0.113. The van der Waals surface area contributed by atoms with Gasteiger partial charge in [0.1, 0.15) is 0 Å². The first-order chi connectivity index (χ1) is 6.74. The highest BCUT2D eigenvalue weighted by Crippen LogP contribution is 2.18. The van der Waals surface area contributed by atoms with Gasteiger partial charge in [-0.3, -0.25) is 0 Å². The lowest BCUT2D eigenvalue weighted by atomic mass is 10.2. The molecule has 1 aliphatic rings. The first-order valence-electron chi connectivity index (χ1n) is 5.32. The molecule has 0 aromatic heterocycles. The third kappa shape index (κ3) is 3.92. The van der Waals surface area contributed by atoms with E-state index in [0.717, 1.165) is 25.8 Å². The number of ether oxygens (including phenoxy) is 1. The van der Waals surface area contributed by atoms with Gasteiger partial charge >= 0.3 is 0 Å². The molecule has 1 rings (SSSR count). The average molecular weight is 203 g/mol. The molecule has 1 aliphatic carbocycles. The molecule has 0 radical (unpaired) electrons. The van der Waals surface area contributed by atoms with Crippen molar-refractivity contribution in [3.8, 4) is 0 Å². The monoisotopic (exact) mass is 203 g/mol. The summed E-state index contributed by atoms with van der Waals surface area (Å²) >= 11 is 0. The lowest BCUT2D eigenvalue weighted by Crippen LogP contribution is -2.37. The van der Waals surface area contributed by atoms with Crippen LogP contribution >= 0.6 is 0 Å². The minimum atomic E-state index is -0.397. The Morgan fingerprint density at radius 1 is 1.50 bits per heavy atom. The molecule has 1 unspecified atom stereocenters. The van der Waals surface area contributed by atoms with Crippen molar-refractivity contribution in [3.05, 3.63) is 0 Å². The SMILES string of the molecule is COCC(O)CCN[C@H]1CCC[C@@H]1O. The topological polar surface area (TPSA) is 61.7 Å². The molecule has 0 saturated heterocycles. The van der Waals surface area contributed by atoms with Gasteiger partial charge in [0.2, 0.25) is 0 Å². The molecular formula is C10H21NO3. The molecule has 0 heterocycles. The highest BCUT2D eigenvalue weighted by atomic mass is 16.5. The average Bonchev–Trinajstić information content (AvgIpc) is 2.52. The minimum Gasteiger partial charge on any atom is -0.392 e. The van der Waals surface area contributed by atoms with Gasteiger partial charge < -0.3 is 20.3 Å². The molecule has 84 valence electrons. The Labute approximate surface area is 85.3 Å². The van der Waals surface area contributed by atoms with Gasteiger partial charge in [0.25, 0.3) is 0 Å². The zero-order valence-corrected chi connectivity index (χ0v) is 8.78. The van der Waals surface area contributed by atoms with Crippen LogP contribution in [-0.4, -0.2) is 48.7 Å². The van der Waals surface area contributed by atoms with Gasteiger partial charge in [-0.25, -0.2) is 0 Å². The molecule has 1 saturated carbocycles. The Morgan fingerprint density at radius 3 is 2.86 bits per heavy atom. The lowest BCUT2D eigenvalue weighted by Gasteiger charge is -2.17. The molecule has 0 bridgehead atoms. The second kappa shape index (κ2) is 6.35. The third-order valence-corrected chi connectivity index (χ3v) is 2.72. The van der Waals surface area contributed by atoms with Crippen LogP contribution in [0, 0.1) is 0 Å². The van der Waals surface area contributed by atoms with Crippen LogP contribution in [0.4, 0.5) is 0 Å². The van der Waals surface area contributed by atoms with Crippen molar-refractivity contribution in [1.82, 2.24) is 5.32 Å². The molecule has 0 aromatic carbocycles. The van der Waals surface area contributed by atoms with E-state index in [1.54, 1.807) is 7.11 Å². The largest absolute Gasteiger partial charge is 0.392 e. The van der Waals surface area contributed by atoms with Gasteiger partial charge in [0, 0.05) is 13.2 Å². The van der Waals surface area contributed by atoms with E-state index in [9.17, 15) is 10.2 Å². The van der Waals surface area contributed by atoms with Crippen LogP contribution < -0.4 is 5.32 Å². The highest BCUT2D eigenvalue weighted by Gasteiger charge is 2.24. The highest BCUT2D eigenvalue weighted by molar-refractivity contribution is 4.82. The summed E-state index contributed by atoms with van der Waals surface area (Å²) < 4.78 is 4.82. The first-order valence-corrected chi connectivity index (χ1v) is 5.32. The van der Waals surface area contributed by atoms with Gasteiger partial charge in [-0.05, 0) is 32.2 Å². The summed E-state index contributed by atoms with van der Waals surface area (Å²) in [6, 6.07) is 0.227.